The Morgan fingerprint density at radius 3 is 2.52 bits per heavy atom. The van der Waals surface area contributed by atoms with E-state index in [0.29, 0.717) is 6.54 Å². The third-order valence-electron chi connectivity index (χ3n) is 3.01. The molecule has 0 aliphatic carbocycles. The van der Waals surface area contributed by atoms with Crippen LogP contribution in [0.2, 0.25) is 0 Å². The van der Waals surface area contributed by atoms with Crippen LogP contribution in [0.3, 0.4) is 0 Å². The van der Waals surface area contributed by atoms with Crippen LogP contribution in [0.25, 0.3) is 0 Å². The SMILES string of the molecule is CC(O)COc1ccccc1CC(C)CNC(=O)OC(C)(C)C. The number of aliphatic hydroxyl groups is 1. The summed E-state index contributed by atoms with van der Waals surface area (Å²) in [6, 6.07) is 7.76. The molecule has 0 saturated carbocycles. The number of carbonyl (C=O) groups excluding carboxylic acids is 1. The highest BCUT2D eigenvalue weighted by Gasteiger charge is 2.17. The van der Waals surface area contributed by atoms with Crippen molar-refractivity contribution in [1.29, 1.82) is 0 Å². The summed E-state index contributed by atoms with van der Waals surface area (Å²) in [6.45, 7) is 10.1. The number of nitrogens with one attached hydrogen (secondary N) is 1. The Bertz CT molecular complexity index is 494. The van der Waals surface area contributed by atoms with Crippen molar-refractivity contribution in [2.45, 2.75) is 52.7 Å². The van der Waals surface area contributed by atoms with Crippen LogP contribution in [0.1, 0.15) is 40.2 Å². The van der Waals surface area contributed by atoms with E-state index < -0.39 is 17.8 Å². The van der Waals surface area contributed by atoms with Gasteiger partial charge in [0.2, 0.25) is 0 Å². The number of benzene rings is 1. The average molecular weight is 323 g/mol. The summed E-state index contributed by atoms with van der Waals surface area (Å²) in [5.74, 6) is 1.01. The highest BCUT2D eigenvalue weighted by molar-refractivity contribution is 5.67. The lowest BCUT2D eigenvalue weighted by molar-refractivity contribution is 0.0520. The van der Waals surface area contributed by atoms with E-state index in [1.807, 2.05) is 45.0 Å². The van der Waals surface area contributed by atoms with Crippen molar-refractivity contribution in [3.8, 4) is 5.75 Å². The first-order valence-electron chi connectivity index (χ1n) is 8.03. The van der Waals surface area contributed by atoms with Crippen molar-refractivity contribution < 1.29 is 19.4 Å². The first kappa shape index (κ1) is 19.3. The molecule has 2 unspecified atom stereocenters. The van der Waals surface area contributed by atoms with E-state index in [1.54, 1.807) is 6.92 Å². The molecule has 0 fully saturated rings. The van der Waals surface area contributed by atoms with E-state index in [2.05, 4.69) is 12.2 Å². The minimum Gasteiger partial charge on any atom is -0.491 e. The van der Waals surface area contributed by atoms with Crippen LogP contribution in [0, 0.1) is 5.92 Å². The van der Waals surface area contributed by atoms with Gasteiger partial charge in [-0.25, -0.2) is 4.79 Å². The third kappa shape index (κ3) is 8.45. The lowest BCUT2D eigenvalue weighted by atomic mass is 10.0. The molecule has 0 aliphatic rings. The largest absolute Gasteiger partial charge is 0.491 e. The average Bonchev–Trinajstić information content (AvgIpc) is 2.42. The molecule has 5 nitrogen and oxygen atoms in total. The molecule has 0 bridgehead atoms. The molecule has 1 rings (SSSR count). The molecule has 5 heteroatoms. The molecule has 1 aromatic carbocycles. The number of rotatable bonds is 7. The van der Waals surface area contributed by atoms with Crippen LogP contribution in [0.15, 0.2) is 24.3 Å². The van der Waals surface area contributed by atoms with Gasteiger partial charge in [0.15, 0.2) is 0 Å². The summed E-state index contributed by atoms with van der Waals surface area (Å²) in [6.07, 6.45) is -0.136. The van der Waals surface area contributed by atoms with Gasteiger partial charge in [0.25, 0.3) is 0 Å². The molecule has 0 aliphatic heterocycles. The predicted octanol–water partition coefficient (Wildman–Crippen LogP) is 3.15. The monoisotopic (exact) mass is 323 g/mol. The normalized spacial score (nSPS) is 14.0. The number of hydrogen-bond donors (Lipinski definition) is 2. The predicted molar refractivity (Wildman–Crippen MR) is 90.7 cm³/mol. The smallest absolute Gasteiger partial charge is 0.407 e. The molecule has 0 aromatic heterocycles. The fourth-order valence-electron chi connectivity index (χ4n) is 2.04. The number of amides is 1. The zero-order valence-electron chi connectivity index (χ0n) is 14.8. The first-order chi connectivity index (χ1) is 10.7. The molecule has 0 heterocycles. The van der Waals surface area contributed by atoms with Crippen LogP contribution >= 0.6 is 0 Å². The van der Waals surface area contributed by atoms with Gasteiger partial charge in [-0.1, -0.05) is 25.1 Å². The van der Waals surface area contributed by atoms with Crippen LogP contribution in [0.4, 0.5) is 4.79 Å². The van der Waals surface area contributed by atoms with Gasteiger partial charge in [0, 0.05) is 6.54 Å². The molecule has 2 atom stereocenters. The Labute approximate surface area is 139 Å². The van der Waals surface area contributed by atoms with Crippen LogP contribution in [-0.2, 0) is 11.2 Å². The maximum atomic E-state index is 11.7. The van der Waals surface area contributed by atoms with E-state index in [9.17, 15) is 9.90 Å². The van der Waals surface area contributed by atoms with Gasteiger partial charge < -0.3 is 19.9 Å². The number of ether oxygens (including phenoxy) is 2. The lowest BCUT2D eigenvalue weighted by Crippen LogP contribution is -2.35. The van der Waals surface area contributed by atoms with Crippen molar-refractivity contribution in [2.75, 3.05) is 13.2 Å². The maximum absolute atomic E-state index is 11.7. The Balaban J connectivity index is 2.51. The lowest BCUT2D eigenvalue weighted by Gasteiger charge is -2.21. The molecular weight excluding hydrogens is 294 g/mol. The highest BCUT2D eigenvalue weighted by atomic mass is 16.6. The molecule has 130 valence electrons. The van der Waals surface area contributed by atoms with Gasteiger partial charge in [-0.3, -0.25) is 0 Å². The van der Waals surface area contributed by atoms with Gasteiger partial charge >= 0.3 is 6.09 Å². The van der Waals surface area contributed by atoms with Crippen molar-refractivity contribution in [3.05, 3.63) is 29.8 Å². The summed E-state index contributed by atoms with van der Waals surface area (Å²) in [7, 11) is 0. The summed E-state index contributed by atoms with van der Waals surface area (Å²) < 4.78 is 10.9. The minimum atomic E-state index is -0.505. The van der Waals surface area contributed by atoms with Gasteiger partial charge in [0.05, 0.1) is 6.10 Å². The quantitative estimate of drug-likeness (QED) is 0.809. The van der Waals surface area contributed by atoms with Crippen molar-refractivity contribution >= 4 is 6.09 Å². The van der Waals surface area contributed by atoms with Gasteiger partial charge in [0.1, 0.15) is 18.0 Å². The molecule has 2 N–H and O–H groups in total. The maximum Gasteiger partial charge on any atom is 0.407 e. The number of carbonyl (C=O) groups is 1. The van der Waals surface area contributed by atoms with E-state index in [1.165, 1.54) is 0 Å². The molecular formula is C18H29NO4. The second-order valence-electron chi connectivity index (χ2n) is 6.96. The van der Waals surface area contributed by atoms with Crippen molar-refractivity contribution in [2.24, 2.45) is 5.92 Å². The second-order valence-corrected chi connectivity index (χ2v) is 6.96. The van der Waals surface area contributed by atoms with Crippen LogP contribution < -0.4 is 10.1 Å². The minimum absolute atomic E-state index is 0.235. The van der Waals surface area contributed by atoms with Gasteiger partial charge in [-0.2, -0.15) is 0 Å². The molecule has 1 aromatic rings. The number of aliphatic hydroxyl groups excluding tert-OH is 1. The van der Waals surface area contributed by atoms with Crippen LogP contribution in [-0.4, -0.2) is 36.1 Å². The second kappa shape index (κ2) is 8.77. The molecule has 0 spiro atoms. The topological polar surface area (TPSA) is 67.8 Å². The summed E-state index contributed by atoms with van der Waals surface area (Å²) in [4.78, 5) is 11.7. The highest BCUT2D eigenvalue weighted by Crippen LogP contribution is 2.21. The van der Waals surface area contributed by atoms with Gasteiger partial charge in [-0.15, -0.1) is 0 Å². The molecule has 23 heavy (non-hydrogen) atoms. The number of para-hydroxylation sites is 1. The number of hydrogen-bond acceptors (Lipinski definition) is 4. The van der Waals surface area contributed by atoms with E-state index in [0.717, 1.165) is 17.7 Å². The molecule has 0 radical (unpaired) electrons. The van der Waals surface area contributed by atoms with Crippen molar-refractivity contribution in [3.63, 3.8) is 0 Å². The first-order valence-corrected chi connectivity index (χ1v) is 8.03. The van der Waals surface area contributed by atoms with E-state index in [-0.39, 0.29) is 12.5 Å². The summed E-state index contributed by atoms with van der Waals surface area (Å²) >= 11 is 0. The summed E-state index contributed by atoms with van der Waals surface area (Å²) in [5.41, 5.74) is 0.570. The van der Waals surface area contributed by atoms with E-state index >= 15 is 0 Å². The van der Waals surface area contributed by atoms with Crippen molar-refractivity contribution in [1.82, 2.24) is 5.32 Å². The summed E-state index contributed by atoms with van der Waals surface area (Å²) in [5, 5.41) is 12.1. The third-order valence-corrected chi connectivity index (χ3v) is 3.01. The zero-order chi connectivity index (χ0) is 17.5. The molecule has 1 amide bonds. The Morgan fingerprint density at radius 2 is 1.91 bits per heavy atom. The Hall–Kier alpha value is -1.75. The fraction of sp³-hybridized carbons (Fsp3) is 0.611. The molecule has 0 saturated heterocycles. The Kier molecular flexibility index (Phi) is 7.36. The standard InChI is InChI=1S/C18H29NO4/c1-13(11-19-17(21)23-18(3,4)5)10-15-8-6-7-9-16(15)22-12-14(2)20/h6-9,13-14,20H,10-12H2,1-5H3,(H,19,21). The van der Waals surface area contributed by atoms with Crippen LogP contribution in [0.5, 0.6) is 5.75 Å². The Morgan fingerprint density at radius 1 is 1.26 bits per heavy atom. The zero-order valence-corrected chi connectivity index (χ0v) is 14.8. The van der Waals surface area contributed by atoms with E-state index in [4.69, 9.17) is 9.47 Å². The van der Waals surface area contributed by atoms with Gasteiger partial charge in [-0.05, 0) is 51.7 Å². The fourth-order valence-corrected chi connectivity index (χ4v) is 2.04. The number of alkyl carbamates (subject to hydrolysis) is 1.